The summed E-state index contributed by atoms with van der Waals surface area (Å²) in [4.78, 5) is 0.270. The number of aromatic hydroxyl groups is 1. The van der Waals surface area contributed by atoms with E-state index in [0.717, 1.165) is 0 Å². The maximum absolute atomic E-state index is 9.58. The maximum Gasteiger partial charge on any atom is 0.172 e. The van der Waals surface area contributed by atoms with Crippen molar-refractivity contribution in [2.45, 2.75) is 6.92 Å². The van der Waals surface area contributed by atoms with E-state index in [9.17, 15) is 5.11 Å². The average molecular weight is 276 g/mol. The lowest BCUT2D eigenvalue weighted by molar-refractivity contribution is 0.317. The fraction of sp³-hybridized carbons (Fsp3) is 0.222. The van der Waals surface area contributed by atoms with Gasteiger partial charge in [0.2, 0.25) is 0 Å². The minimum atomic E-state index is 0.0619. The summed E-state index contributed by atoms with van der Waals surface area (Å²) < 4.78 is 5.73. The van der Waals surface area contributed by atoms with E-state index in [1.54, 1.807) is 12.1 Å². The average Bonchev–Trinajstić information content (AvgIpc) is 2.12. The van der Waals surface area contributed by atoms with E-state index in [1.807, 2.05) is 6.92 Å². The molecule has 76 valence electrons. The van der Waals surface area contributed by atoms with Crippen LogP contribution >= 0.6 is 28.1 Å². The molecule has 0 heterocycles. The predicted molar refractivity (Wildman–Crippen MR) is 62.9 cm³/mol. The van der Waals surface area contributed by atoms with E-state index in [0.29, 0.717) is 22.4 Å². The van der Waals surface area contributed by atoms with E-state index >= 15 is 0 Å². The normalized spacial score (nSPS) is 9.86. The summed E-state index contributed by atoms with van der Waals surface area (Å²) in [5.74, 6) is 0.441. The Morgan fingerprint density at radius 2 is 2.29 bits per heavy atom. The van der Waals surface area contributed by atoms with Crippen molar-refractivity contribution in [2.75, 3.05) is 6.61 Å². The highest BCUT2D eigenvalue weighted by atomic mass is 79.9. The Balaban J connectivity index is 3.20. The second-order valence-electron chi connectivity index (χ2n) is 2.60. The van der Waals surface area contributed by atoms with Gasteiger partial charge in [0.1, 0.15) is 4.99 Å². The number of nitrogens with two attached hydrogens (primary N) is 1. The van der Waals surface area contributed by atoms with Crippen LogP contribution in [0.5, 0.6) is 11.5 Å². The van der Waals surface area contributed by atoms with Gasteiger partial charge in [0.05, 0.1) is 11.1 Å². The van der Waals surface area contributed by atoms with E-state index in [2.05, 4.69) is 15.9 Å². The van der Waals surface area contributed by atoms with Gasteiger partial charge in [-0.2, -0.15) is 0 Å². The van der Waals surface area contributed by atoms with Gasteiger partial charge in [0, 0.05) is 5.56 Å². The SMILES string of the molecule is CCOc1cc(C(N)=S)cc(Br)c1O. The monoisotopic (exact) mass is 275 g/mol. The molecule has 3 nitrogen and oxygen atoms in total. The Morgan fingerprint density at radius 1 is 1.64 bits per heavy atom. The molecule has 1 rings (SSSR count). The van der Waals surface area contributed by atoms with E-state index in [4.69, 9.17) is 22.7 Å². The Labute approximate surface area is 96.0 Å². The molecule has 0 aliphatic carbocycles. The van der Waals surface area contributed by atoms with Crippen LogP contribution in [0, 0.1) is 0 Å². The van der Waals surface area contributed by atoms with Crippen LogP contribution in [0.2, 0.25) is 0 Å². The Kier molecular flexibility index (Phi) is 3.71. The van der Waals surface area contributed by atoms with Gasteiger partial charge in [-0.15, -0.1) is 0 Å². The van der Waals surface area contributed by atoms with Crippen LogP contribution in [0.15, 0.2) is 16.6 Å². The predicted octanol–water partition coefficient (Wildman–Crippen LogP) is 2.19. The minimum absolute atomic E-state index is 0.0619. The first-order valence-electron chi connectivity index (χ1n) is 4.01. The first kappa shape index (κ1) is 11.3. The number of phenols is 1. The standard InChI is InChI=1S/C9H10BrNO2S/c1-2-13-7-4-5(9(11)14)3-6(10)8(7)12/h3-4,12H,2H2,1H3,(H2,11,14). The van der Waals surface area contributed by atoms with Crippen molar-refractivity contribution in [3.05, 3.63) is 22.2 Å². The lowest BCUT2D eigenvalue weighted by Gasteiger charge is -2.09. The van der Waals surface area contributed by atoms with Gasteiger partial charge in [-0.05, 0) is 35.0 Å². The van der Waals surface area contributed by atoms with Crippen LogP contribution in [0.1, 0.15) is 12.5 Å². The molecule has 0 aromatic heterocycles. The molecule has 5 heteroatoms. The number of thiocarbonyl (C=S) groups is 1. The van der Waals surface area contributed by atoms with Crippen LogP contribution < -0.4 is 10.5 Å². The number of phenolic OH excluding ortho intramolecular Hbond substituents is 1. The van der Waals surface area contributed by atoms with Gasteiger partial charge in [-0.25, -0.2) is 0 Å². The van der Waals surface area contributed by atoms with Crippen molar-refractivity contribution < 1.29 is 9.84 Å². The number of benzene rings is 1. The molecular formula is C9H10BrNO2S. The smallest absolute Gasteiger partial charge is 0.172 e. The largest absolute Gasteiger partial charge is 0.503 e. The highest BCUT2D eigenvalue weighted by Gasteiger charge is 2.10. The fourth-order valence-corrected chi connectivity index (χ4v) is 1.54. The highest BCUT2D eigenvalue weighted by molar-refractivity contribution is 9.10. The Morgan fingerprint density at radius 3 is 2.79 bits per heavy atom. The molecule has 0 fully saturated rings. The lowest BCUT2D eigenvalue weighted by Crippen LogP contribution is -2.09. The third-order valence-corrected chi connectivity index (χ3v) is 2.45. The zero-order chi connectivity index (χ0) is 10.7. The number of hydrogen-bond donors (Lipinski definition) is 2. The van der Waals surface area contributed by atoms with E-state index in [-0.39, 0.29) is 10.7 Å². The second-order valence-corrected chi connectivity index (χ2v) is 3.90. The van der Waals surface area contributed by atoms with Crippen LogP contribution in [0.3, 0.4) is 0 Å². The van der Waals surface area contributed by atoms with Crippen molar-refractivity contribution in [1.29, 1.82) is 0 Å². The Bertz CT molecular complexity index is 368. The molecule has 0 unspecified atom stereocenters. The van der Waals surface area contributed by atoms with Gasteiger partial charge in [-0.3, -0.25) is 0 Å². The van der Waals surface area contributed by atoms with Crippen LogP contribution in [-0.2, 0) is 0 Å². The number of rotatable bonds is 3. The summed E-state index contributed by atoms with van der Waals surface area (Å²) in [5.41, 5.74) is 6.13. The molecule has 0 amide bonds. The summed E-state index contributed by atoms with van der Waals surface area (Å²) >= 11 is 8.02. The van der Waals surface area contributed by atoms with E-state index < -0.39 is 0 Å². The Hall–Kier alpha value is -0.810. The third-order valence-electron chi connectivity index (χ3n) is 1.61. The molecule has 0 saturated carbocycles. The van der Waals surface area contributed by atoms with Crippen molar-refractivity contribution in [3.8, 4) is 11.5 Å². The molecule has 0 aliphatic heterocycles. The molecule has 0 bridgehead atoms. The van der Waals surface area contributed by atoms with Gasteiger partial charge >= 0.3 is 0 Å². The fourth-order valence-electron chi connectivity index (χ4n) is 0.982. The van der Waals surface area contributed by atoms with Gasteiger partial charge in [0.15, 0.2) is 11.5 Å². The van der Waals surface area contributed by atoms with Gasteiger partial charge in [-0.1, -0.05) is 12.2 Å². The molecule has 1 aromatic rings. The molecule has 0 atom stereocenters. The van der Waals surface area contributed by atoms with Crippen molar-refractivity contribution in [2.24, 2.45) is 5.73 Å². The third kappa shape index (κ3) is 2.36. The quantitative estimate of drug-likeness (QED) is 0.831. The topological polar surface area (TPSA) is 55.5 Å². The highest BCUT2D eigenvalue weighted by Crippen LogP contribution is 2.35. The van der Waals surface area contributed by atoms with Crippen LogP contribution in [-0.4, -0.2) is 16.7 Å². The summed E-state index contributed by atoms with van der Waals surface area (Å²) in [6.07, 6.45) is 0. The molecule has 3 N–H and O–H groups in total. The summed E-state index contributed by atoms with van der Waals surface area (Å²) in [7, 11) is 0. The molecule has 0 saturated heterocycles. The number of ether oxygens (including phenoxy) is 1. The molecular weight excluding hydrogens is 266 g/mol. The van der Waals surface area contributed by atoms with Gasteiger partial charge in [0.25, 0.3) is 0 Å². The molecule has 0 spiro atoms. The first-order valence-corrected chi connectivity index (χ1v) is 5.21. The maximum atomic E-state index is 9.58. The van der Waals surface area contributed by atoms with Crippen molar-refractivity contribution >= 4 is 33.1 Å². The lowest BCUT2D eigenvalue weighted by atomic mass is 10.2. The van der Waals surface area contributed by atoms with Crippen molar-refractivity contribution in [3.63, 3.8) is 0 Å². The minimum Gasteiger partial charge on any atom is -0.503 e. The van der Waals surface area contributed by atoms with Crippen LogP contribution in [0.25, 0.3) is 0 Å². The summed E-state index contributed by atoms with van der Waals surface area (Å²) in [6.45, 7) is 2.31. The van der Waals surface area contributed by atoms with Gasteiger partial charge < -0.3 is 15.6 Å². The summed E-state index contributed by atoms with van der Waals surface area (Å²) in [6, 6.07) is 3.27. The first-order chi connectivity index (χ1) is 6.56. The number of halogens is 1. The second kappa shape index (κ2) is 4.61. The summed E-state index contributed by atoms with van der Waals surface area (Å²) in [5, 5.41) is 9.58. The zero-order valence-electron chi connectivity index (χ0n) is 7.58. The van der Waals surface area contributed by atoms with E-state index in [1.165, 1.54) is 0 Å². The molecule has 0 aliphatic rings. The van der Waals surface area contributed by atoms with Crippen LogP contribution in [0.4, 0.5) is 0 Å². The number of hydrogen-bond acceptors (Lipinski definition) is 3. The molecule has 14 heavy (non-hydrogen) atoms. The molecule has 1 aromatic carbocycles. The van der Waals surface area contributed by atoms with Crippen molar-refractivity contribution in [1.82, 2.24) is 0 Å². The zero-order valence-corrected chi connectivity index (χ0v) is 9.98. The molecule has 0 radical (unpaired) electrons.